The lowest BCUT2D eigenvalue weighted by molar-refractivity contribution is 0.663. The van der Waals surface area contributed by atoms with Crippen molar-refractivity contribution in [3.8, 4) is 28.2 Å². The largest absolute Gasteiger partial charge is 0.333 e. The number of pyridine rings is 1. The predicted molar refractivity (Wildman–Crippen MR) is 145 cm³/mol. The number of hydrogen-bond donors (Lipinski definition) is 1. The highest BCUT2D eigenvalue weighted by molar-refractivity contribution is 5.79. The average Bonchev–Trinajstić information content (AvgIpc) is 3.57. The Bertz CT molecular complexity index is 1530. The van der Waals surface area contributed by atoms with E-state index in [4.69, 9.17) is 4.98 Å². The van der Waals surface area contributed by atoms with Crippen LogP contribution in [0.1, 0.15) is 56.5 Å². The van der Waals surface area contributed by atoms with Crippen LogP contribution in [0.25, 0.3) is 28.2 Å². The molecule has 0 spiro atoms. The van der Waals surface area contributed by atoms with E-state index in [1.165, 1.54) is 0 Å². The van der Waals surface area contributed by atoms with E-state index in [1.807, 2.05) is 71.6 Å². The van der Waals surface area contributed by atoms with Crippen LogP contribution in [0.5, 0.6) is 0 Å². The van der Waals surface area contributed by atoms with Crippen LogP contribution in [-0.2, 0) is 13.0 Å². The highest BCUT2D eigenvalue weighted by Gasteiger charge is 2.17. The Labute approximate surface area is 216 Å². The lowest BCUT2D eigenvalue weighted by atomic mass is 10.0. The second kappa shape index (κ2) is 10.7. The normalized spacial score (nSPS) is 11.4. The van der Waals surface area contributed by atoms with Gasteiger partial charge in [0.25, 0.3) is 0 Å². The van der Waals surface area contributed by atoms with Crippen LogP contribution < -0.4 is 5.69 Å². The second-order valence-corrected chi connectivity index (χ2v) is 9.51. The number of hydrogen-bond acceptors (Lipinski definition) is 5. The summed E-state index contributed by atoms with van der Waals surface area (Å²) in [4.78, 5) is 18.4. The molecule has 0 aliphatic heterocycles. The number of aromatic nitrogens is 7. The van der Waals surface area contributed by atoms with E-state index in [0.717, 1.165) is 58.6 Å². The first-order valence-corrected chi connectivity index (χ1v) is 12.8. The van der Waals surface area contributed by atoms with Gasteiger partial charge in [-0.15, -0.1) is 5.10 Å². The van der Waals surface area contributed by atoms with Gasteiger partial charge in [0.15, 0.2) is 5.82 Å². The van der Waals surface area contributed by atoms with E-state index < -0.39 is 0 Å². The molecule has 188 valence electrons. The number of aromatic amines is 1. The van der Waals surface area contributed by atoms with E-state index in [2.05, 4.69) is 47.5 Å². The molecule has 0 aliphatic carbocycles. The molecular formula is C29H31N7O. The Balaban J connectivity index is 1.49. The van der Waals surface area contributed by atoms with Crippen LogP contribution in [0.2, 0.25) is 0 Å². The molecule has 2 aromatic carbocycles. The molecule has 1 N–H and O–H groups in total. The quantitative estimate of drug-likeness (QED) is 0.297. The van der Waals surface area contributed by atoms with Crippen LogP contribution >= 0.6 is 0 Å². The number of tetrazole rings is 1. The van der Waals surface area contributed by atoms with E-state index in [0.29, 0.717) is 18.3 Å². The van der Waals surface area contributed by atoms with Crippen LogP contribution in [0.4, 0.5) is 0 Å². The number of nitrogens with one attached hydrogen (secondary N) is 1. The first-order chi connectivity index (χ1) is 18.1. The highest BCUT2D eigenvalue weighted by atomic mass is 16.1. The van der Waals surface area contributed by atoms with Gasteiger partial charge in [-0.25, -0.2) is 9.89 Å². The van der Waals surface area contributed by atoms with Crippen LogP contribution in [0.3, 0.4) is 0 Å². The molecule has 0 radical (unpaired) electrons. The smallest absolute Gasteiger partial charge is 0.290 e. The minimum atomic E-state index is -0.0340. The summed E-state index contributed by atoms with van der Waals surface area (Å²) in [7, 11) is 0. The molecule has 0 atom stereocenters. The van der Waals surface area contributed by atoms with Crippen molar-refractivity contribution in [2.45, 2.75) is 52.5 Å². The van der Waals surface area contributed by atoms with Crippen molar-refractivity contribution >= 4 is 0 Å². The molecule has 3 heterocycles. The van der Waals surface area contributed by atoms with Crippen molar-refractivity contribution in [2.24, 2.45) is 0 Å². The Morgan fingerprint density at radius 2 is 1.76 bits per heavy atom. The number of imidazole rings is 1. The first kappa shape index (κ1) is 24.4. The highest BCUT2D eigenvalue weighted by Crippen LogP contribution is 2.29. The molecule has 0 amide bonds. The molecule has 0 saturated carbocycles. The monoisotopic (exact) mass is 493 g/mol. The fourth-order valence-corrected chi connectivity index (χ4v) is 4.68. The molecule has 0 unspecified atom stereocenters. The molecule has 5 aromatic rings. The molecule has 8 heteroatoms. The van der Waals surface area contributed by atoms with Gasteiger partial charge in [0, 0.05) is 29.2 Å². The number of para-hydroxylation sites is 1. The first-order valence-electron chi connectivity index (χ1n) is 12.8. The van der Waals surface area contributed by atoms with Crippen molar-refractivity contribution in [3.63, 3.8) is 0 Å². The number of aryl methyl sites for hydroxylation is 1. The van der Waals surface area contributed by atoms with Gasteiger partial charge in [-0.05, 0) is 52.4 Å². The fourth-order valence-electron chi connectivity index (χ4n) is 4.68. The maximum Gasteiger partial charge on any atom is 0.333 e. The third-order valence-electron chi connectivity index (χ3n) is 6.65. The average molecular weight is 494 g/mol. The van der Waals surface area contributed by atoms with E-state index >= 15 is 0 Å². The summed E-state index contributed by atoms with van der Waals surface area (Å²) in [5, 5.41) is 14.3. The number of nitrogens with zero attached hydrogens (tertiary/aromatic N) is 6. The maximum atomic E-state index is 13.7. The standard InChI is InChI=1S/C29H31N7O/c1-4-5-10-23-19-36(27-14-9-8-11-24(27)20(2)3)29(37)35(23)18-22-16-15-21(17-30-22)25-12-6-7-13-26(25)28-31-33-34-32-28/h6-9,11-17,19-20H,4-5,10,18H2,1-3H3,(H,31,32,33,34). The molecule has 0 saturated heterocycles. The van der Waals surface area contributed by atoms with Gasteiger partial charge in [0.2, 0.25) is 0 Å². The van der Waals surface area contributed by atoms with E-state index in [-0.39, 0.29) is 5.69 Å². The Morgan fingerprint density at radius 1 is 0.973 bits per heavy atom. The van der Waals surface area contributed by atoms with E-state index in [1.54, 1.807) is 4.57 Å². The molecule has 37 heavy (non-hydrogen) atoms. The van der Waals surface area contributed by atoms with Crippen molar-refractivity contribution in [1.82, 2.24) is 34.7 Å². The predicted octanol–water partition coefficient (Wildman–Crippen LogP) is 5.40. The molecule has 0 fully saturated rings. The van der Waals surface area contributed by atoms with Gasteiger partial charge < -0.3 is 0 Å². The third kappa shape index (κ3) is 5.00. The SMILES string of the molecule is CCCCc1cn(-c2ccccc2C(C)C)c(=O)n1Cc1ccc(-c2ccccc2-c2nnn[nH]2)cn1. The zero-order valence-electron chi connectivity index (χ0n) is 21.4. The summed E-state index contributed by atoms with van der Waals surface area (Å²) in [6, 6.07) is 20.1. The van der Waals surface area contributed by atoms with Crippen LogP contribution in [0, 0.1) is 0 Å². The lowest BCUT2D eigenvalue weighted by Crippen LogP contribution is -2.25. The molecule has 0 aliphatic rings. The number of unbranched alkanes of at least 4 members (excludes halogenated alkanes) is 1. The molecule has 3 aromatic heterocycles. The van der Waals surface area contributed by atoms with Gasteiger partial charge in [-0.1, -0.05) is 75.7 Å². The minimum absolute atomic E-state index is 0.0340. The fraction of sp³-hybridized carbons (Fsp3) is 0.276. The minimum Gasteiger partial charge on any atom is -0.290 e. The van der Waals surface area contributed by atoms with E-state index in [9.17, 15) is 4.79 Å². The molecule has 5 rings (SSSR count). The summed E-state index contributed by atoms with van der Waals surface area (Å²) >= 11 is 0. The van der Waals surface area contributed by atoms with Crippen molar-refractivity contribution in [2.75, 3.05) is 0 Å². The Hall–Kier alpha value is -4.33. The summed E-state index contributed by atoms with van der Waals surface area (Å²) in [6.07, 6.45) is 6.79. The molecule has 8 nitrogen and oxygen atoms in total. The number of rotatable bonds is 9. The number of H-pyrrole nitrogens is 1. The Kier molecular flexibility index (Phi) is 7.07. The topological polar surface area (TPSA) is 94.3 Å². The zero-order chi connectivity index (χ0) is 25.8. The summed E-state index contributed by atoms with van der Waals surface area (Å²) in [5.74, 6) is 0.921. The van der Waals surface area contributed by atoms with Crippen molar-refractivity contribution < 1.29 is 0 Å². The number of benzene rings is 2. The maximum absolute atomic E-state index is 13.7. The van der Waals surface area contributed by atoms with Gasteiger partial charge in [0.1, 0.15) is 0 Å². The second-order valence-electron chi connectivity index (χ2n) is 9.51. The molecular weight excluding hydrogens is 462 g/mol. The lowest BCUT2D eigenvalue weighted by Gasteiger charge is -2.12. The molecule has 0 bridgehead atoms. The zero-order valence-corrected chi connectivity index (χ0v) is 21.4. The Morgan fingerprint density at radius 3 is 2.46 bits per heavy atom. The van der Waals surface area contributed by atoms with Gasteiger partial charge >= 0.3 is 5.69 Å². The van der Waals surface area contributed by atoms with Gasteiger partial charge in [-0.2, -0.15) is 0 Å². The van der Waals surface area contributed by atoms with Crippen LogP contribution in [0.15, 0.2) is 77.9 Å². The summed E-state index contributed by atoms with van der Waals surface area (Å²) < 4.78 is 3.67. The van der Waals surface area contributed by atoms with Crippen LogP contribution in [-0.4, -0.2) is 34.7 Å². The van der Waals surface area contributed by atoms with Gasteiger partial charge in [-0.3, -0.25) is 14.1 Å². The van der Waals surface area contributed by atoms with Gasteiger partial charge in [0.05, 0.1) is 17.9 Å². The summed E-state index contributed by atoms with van der Waals surface area (Å²) in [6.45, 7) is 6.89. The van der Waals surface area contributed by atoms with Crippen molar-refractivity contribution in [3.05, 3.63) is 100 Å². The third-order valence-corrected chi connectivity index (χ3v) is 6.65. The summed E-state index contributed by atoms with van der Waals surface area (Å²) in [5.41, 5.74) is 6.77. The van der Waals surface area contributed by atoms with Crippen molar-refractivity contribution in [1.29, 1.82) is 0 Å².